The van der Waals surface area contributed by atoms with Crippen molar-refractivity contribution in [1.82, 2.24) is 10.6 Å². The number of hydrogen-bond acceptors (Lipinski definition) is 4. The minimum absolute atomic E-state index is 0.107. The fraction of sp³-hybridized carbons (Fsp3) is 1.00. The van der Waals surface area contributed by atoms with Crippen molar-refractivity contribution in [3.63, 3.8) is 0 Å². The molecular formula is C15H34N2O2. The number of aliphatic hydroxyl groups is 1. The van der Waals surface area contributed by atoms with Gasteiger partial charge in [0.25, 0.3) is 0 Å². The molecule has 0 heterocycles. The van der Waals surface area contributed by atoms with Crippen LogP contribution < -0.4 is 10.6 Å². The van der Waals surface area contributed by atoms with Gasteiger partial charge in [-0.25, -0.2) is 0 Å². The van der Waals surface area contributed by atoms with Crippen LogP contribution in [0.15, 0.2) is 0 Å². The highest BCUT2D eigenvalue weighted by molar-refractivity contribution is 4.88. The zero-order valence-corrected chi connectivity index (χ0v) is 14.1. The van der Waals surface area contributed by atoms with Crippen LogP contribution in [0.4, 0.5) is 0 Å². The van der Waals surface area contributed by atoms with Crippen molar-refractivity contribution >= 4 is 0 Å². The van der Waals surface area contributed by atoms with Crippen LogP contribution in [0, 0.1) is 0 Å². The van der Waals surface area contributed by atoms with E-state index < -0.39 is 0 Å². The highest BCUT2D eigenvalue weighted by atomic mass is 16.5. The van der Waals surface area contributed by atoms with Crippen LogP contribution in [-0.4, -0.2) is 47.6 Å². The Bertz CT molecular complexity index is 257. The second-order valence-electron chi connectivity index (χ2n) is 7.86. The maximum Gasteiger partial charge on any atom is 0.0643 e. The molecule has 116 valence electrons. The third-order valence-corrected chi connectivity index (χ3v) is 2.58. The molecule has 0 aliphatic rings. The fourth-order valence-electron chi connectivity index (χ4n) is 2.26. The summed E-state index contributed by atoms with van der Waals surface area (Å²) < 4.78 is 5.79. The van der Waals surface area contributed by atoms with E-state index in [4.69, 9.17) is 4.74 Å². The molecule has 0 aliphatic heterocycles. The maximum atomic E-state index is 9.29. The lowest BCUT2D eigenvalue weighted by Crippen LogP contribution is -2.56. The number of ether oxygens (including phenoxy) is 1. The SMILES string of the molecule is C[C@H](COCC(C)(C)NC(C)(C)CO)NC(C)(C)C. The van der Waals surface area contributed by atoms with E-state index in [1.165, 1.54) is 0 Å². The zero-order valence-electron chi connectivity index (χ0n) is 14.1. The van der Waals surface area contributed by atoms with Crippen molar-refractivity contribution in [2.24, 2.45) is 0 Å². The molecule has 0 spiro atoms. The minimum atomic E-state index is -0.290. The van der Waals surface area contributed by atoms with Gasteiger partial charge in [-0.1, -0.05) is 0 Å². The number of rotatable bonds is 8. The molecule has 19 heavy (non-hydrogen) atoms. The fourth-order valence-corrected chi connectivity index (χ4v) is 2.26. The molecule has 0 unspecified atom stereocenters. The van der Waals surface area contributed by atoms with Gasteiger partial charge >= 0.3 is 0 Å². The molecule has 4 heteroatoms. The lowest BCUT2D eigenvalue weighted by Gasteiger charge is -2.36. The maximum absolute atomic E-state index is 9.29. The monoisotopic (exact) mass is 274 g/mol. The zero-order chi connectivity index (χ0) is 15.3. The van der Waals surface area contributed by atoms with Crippen LogP contribution in [0.1, 0.15) is 55.4 Å². The molecule has 4 nitrogen and oxygen atoms in total. The highest BCUT2D eigenvalue weighted by Crippen LogP contribution is 2.11. The molecule has 0 aromatic rings. The molecule has 0 aliphatic carbocycles. The Morgan fingerprint density at radius 1 is 1.00 bits per heavy atom. The van der Waals surface area contributed by atoms with Crippen LogP contribution >= 0.6 is 0 Å². The Morgan fingerprint density at radius 3 is 1.95 bits per heavy atom. The predicted octanol–water partition coefficient (Wildman–Crippen LogP) is 1.92. The van der Waals surface area contributed by atoms with Crippen LogP contribution in [0.5, 0.6) is 0 Å². The quantitative estimate of drug-likeness (QED) is 0.633. The van der Waals surface area contributed by atoms with Gasteiger partial charge in [0, 0.05) is 22.7 Å². The van der Waals surface area contributed by atoms with E-state index in [2.05, 4.69) is 52.2 Å². The third-order valence-electron chi connectivity index (χ3n) is 2.58. The predicted molar refractivity (Wildman–Crippen MR) is 81.5 cm³/mol. The van der Waals surface area contributed by atoms with Gasteiger partial charge in [0.1, 0.15) is 0 Å². The molecule has 3 N–H and O–H groups in total. The number of aliphatic hydroxyl groups excluding tert-OH is 1. The molecule has 0 saturated heterocycles. The summed E-state index contributed by atoms with van der Waals surface area (Å²) in [6, 6.07) is 0.321. The largest absolute Gasteiger partial charge is 0.394 e. The summed E-state index contributed by atoms with van der Waals surface area (Å²) >= 11 is 0. The van der Waals surface area contributed by atoms with Crippen molar-refractivity contribution in [3.05, 3.63) is 0 Å². The first-order chi connectivity index (χ1) is 8.37. The molecule has 0 fully saturated rings. The van der Waals surface area contributed by atoms with Gasteiger partial charge < -0.3 is 20.5 Å². The van der Waals surface area contributed by atoms with Gasteiger partial charge in [0.15, 0.2) is 0 Å². The Hall–Kier alpha value is -0.160. The van der Waals surface area contributed by atoms with Crippen LogP contribution in [-0.2, 0) is 4.74 Å². The second kappa shape index (κ2) is 7.02. The molecule has 0 saturated carbocycles. The molecular weight excluding hydrogens is 240 g/mol. The van der Waals surface area contributed by atoms with Crippen molar-refractivity contribution in [3.8, 4) is 0 Å². The van der Waals surface area contributed by atoms with Gasteiger partial charge in [0.05, 0.1) is 19.8 Å². The standard InChI is InChI=1S/C15H34N2O2/c1-12(16-13(2,3)4)9-19-11-15(7,8)17-14(5,6)10-18/h12,16-18H,9-11H2,1-8H3/t12-/m1/s1. The molecule has 0 bridgehead atoms. The van der Waals surface area contributed by atoms with Gasteiger partial charge in [0.2, 0.25) is 0 Å². The molecule has 0 aromatic heterocycles. The van der Waals surface area contributed by atoms with Gasteiger partial charge in [-0.3, -0.25) is 0 Å². The molecule has 0 aromatic carbocycles. The van der Waals surface area contributed by atoms with Crippen LogP contribution in [0.3, 0.4) is 0 Å². The minimum Gasteiger partial charge on any atom is -0.394 e. The Labute approximate surface area is 119 Å². The topological polar surface area (TPSA) is 53.5 Å². The first-order valence-corrected chi connectivity index (χ1v) is 7.12. The van der Waals surface area contributed by atoms with Gasteiger partial charge in [-0.2, -0.15) is 0 Å². The van der Waals surface area contributed by atoms with Crippen molar-refractivity contribution in [2.75, 3.05) is 19.8 Å². The van der Waals surface area contributed by atoms with E-state index in [9.17, 15) is 5.11 Å². The highest BCUT2D eigenvalue weighted by Gasteiger charge is 2.27. The summed E-state index contributed by atoms with van der Waals surface area (Å²) in [6.45, 7) is 18.1. The lowest BCUT2D eigenvalue weighted by atomic mass is 9.99. The Balaban J connectivity index is 4.05. The first kappa shape index (κ1) is 18.8. The summed E-state index contributed by atoms with van der Waals surface area (Å²) in [6.07, 6.45) is 0. The lowest BCUT2D eigenvalue weighted by molar-refractivity contribution is 0.0458. The van der Waals surface area contributed by atoms with Gasteiger partial charge in [-0.05, 0) is 55.4 Å². The van der Waals surface area contributed by atoms with E-state index in [0.29, 0.717) is 19.3 Å². The number of hydrogen-bond donors (Lipinski definition) is 3. The average molecular weight is 274 g/mol. The summed E-state index contributed by atoms with van der Waals surface area (Å²) in [5.41, 5.74) is -0.342. The smallest absolute Gasteiger partial charge is 0.0643 e. The van der Waals surface area contributed by atoms with Crippen LogP contribution in [0.25, 0.3) is 0 Å². The molecule has 0 radical (unpaired) electrons. The van der Waals surface area contributed by atoms with E-state index in [1.807, 2.05) is 13.8 Å². The third kappa shape index (κ3) is 10.3. The second-order valence-corrected chi connectivity index (χ2v) is 7.86. The Kier molecular flexibility index (Phi) is 6.96. The molecule has 1 atom stereocenters. The summed E-state index contributed by atoms with van der Waals surface area (Å²) in [4.78, 5) is 0. The summed E-state index contributed by atoms with van der Waals surface area (Å²) in [5.74, 6) is 0. The summed E-state index contributed by atoms with van der Waals surface area (Å²) in [7, 11) is 0. The van der Waals surface area contributed by atoms with E-state index in [-0.39, 0.29) is 23.2 Å². The van der Waals surface area contributed by atoms with E-state index in [1.54, 1.807) is 0 Å². The van der Waals surface area contributed by atoms with E-state index >= 15 is 0 Å². The van der Waals surface area contributed by atoms with Gasteiger partial charge in [-0.15, -0.1) is 0 Å². The number of nitrogens with one attached hydrogen (secondary N) is 2. The van der Waals surface area contributed by atoms with Crippen molar-refractivity contribution in [2.45, 2.75) is 78.0 Å². The Morgan fingerprint density at radius 2 is 1.53 bits per heavy atom. The molecule has 0 amide bonds. The van der Waals surface area contributed by atoms with Crippen LogP contribution in [0.2, 0.25) is 0 Å². The first-order valence-electron chi connectivity index (χ1n) is 7.12. The summed E-state index contributed by atoms with van der Waals surface area (Å²) in [5, 5.41) is 16.2. The van der Waals surface area contributed by atoms with E-state index in [0.717, 1.165) is 0 Å². The molecule has 0 rings (SSSR count). The normalized spacial score (nSPS) is 15.6. The van der Waals surface area contributed by atoms with Crippen molar-refractivity contribution < 1.29 is 9.84 Å². The van der Waals surface area contributed by atoms with Crippen molar-refractivity contribution in [1.29, 1.82) is 0 Å². The average Bonchev–Trinajstić information content (AvgIpc) is 2.12.